The third-order valence-electron chi connectivity index (χ3n) is 3.53. The van der Waals surface area contributed by atoms with Crippen LogP contribution in [0.1, 0.15) is 13.8 Å². The van der Waals surface area contributed by atoms with Crippen LogP contribution >= 0.6 is 11.8 Å². The van der Waals surface area contributed by atoms with Crippen molar-refractivity contribution in [1.82, 2.24) is 9.78 Å². The summed E-state index contributed by atoms with van der Waals surface area (Å²) in [5, 5.41) is 9.66. The van der Waals surface area contributed by atoms with E-state index in [1.807, 2.05) is 31.2 Å². The maximum atomic E-state index is 12.6. The summed E-state index contributed by atoms with van der Waals surface area (Å²) in [5.74, 6) is -0.684. The van der Waals surface area contributed by atoms with Crippen molar-refractivity contribution in [2.24, 2.45) is 0 Å². The van der Waals surface area contributed by atoms with Crippen LogP contribution in [0.25, 0.3) is 0 Å². The van der Waals surface area contributed by atoms with Gasteiger partial charge in [-0.25, -0.2) is 0 Å². The minimum absolute atomic E-state index is 0.323. The van der Waals surface area contributed by atoms with Crippen molar-refractivity contribution in [2.45, 2.75) is 30.0 Å². The van der Waals surface area contributed by atoms with Gasteiger partial charge in [-0.15, -0.1) is 0 Å². The van der Waals surface area contributed by atoms with E-state index in [1.54, 1.807) is 24.0 Å². The average molecular weight is 316 g/mol. The van der Waals surface area contributed by atoms with Crippen molar-refractivity contribution < 1.29 is 9.59 Å². The summed E-state index contributed by atoms with van der Waals surface area (Å²) in [5.41, 5.74) is 1.32. The number of nitrogens with zero attached hydrogens (tertiary/aromatic N) is 2. The minimum atomic E-state index is -1.22. The minimum Gasteiger partial charge on any atom is -0.323 e. The van der Waals surface area contributed by atoms with E-state index in [0.717, 1.165) is 17.1 Å². The van der Waals surface area contributed by atoms with Crippen LogP contribution in [0.3, 0.4) is 0 Å². The van der Waals surface area contributed by atoms with Gasteiger partial charge in [0.15, 0.2) is 4.75 Å². The second-order valence-electron chi connectivity index (χ2n) is 5.12. The molecule has 0 spiro atoms. The van der Waals surface area contributed by atoms with Gasteiger partial charge in [-0.2, -0.15) is 5.10 Å². The van der Waals surface area contributed by atoms with Gasteiger partial charge in [0.05, 0.1) is 17.6 Å². The summed E-state index contributed by atoms with van der Waals surface area (Å²) in [6.07, 6.45) is 3.31. The first-order valence-corrected chi connectivity index (χ1v) is 7.78. The monoisotopic (exact) mass is 316 g/mol. The normalized spacial score (nSPS) is 20.2. The molecule has 0 radical (unpaired) electrons. The Hall–Kier alpha value is -2.28. The number of benzene rings is 1. The van der Waals surface area contributed by atoms with E-state index >= 15 is 0 Å². The molecule has 0 saturated carbocycles. The Balaban J connectivity index is 1.83. The molecule has 114 valence electrons. The third kappa shape index (κ3) is 2.48. The number of thioether (sulfide) groups is 1. The van der Waals surface area contributed by atoms with Gasteiger partial charge < -0.3 is 10.6 Å². The van der Waals surface area contributed by atoms with Crippen LogP contribution in [-0.2, 0) is 16.1 Å². The first-order valence-electron chi connectivity index (χ1n) is 6.96. The second-order valence-corrected chi connectivity index (χ2v) is 6.58. The smallest absolute Gasteiger partial charge is 0.250 e. The molecule has 2 heterocycles. The third-order valence-corrected chi connectivity index (χ3v) is 4.89. The molecule has 2 N–H and O–H groups in total. The number of rotatable bonds is 3. The Labute approximate surface area is 132 Å². The van der Waals surface area contributed by atoms with E-state index in [4.69, 9.17) is 0 Å². The van der Waals surface area contributed by atoms with E-state index < -0.39 is 4.75 Å². The molecule has 7 heteroatoms. The lowest BCUT2D eigenvalue weighted by atomic mass is 10.1. The summed E-state index contributed by atoms with van der Waals surface area (Å²) in [7, 11) is 0. The van der Waals surface area contributed by atoms with Crippen molar-refractivity contribution in [3.05, 3.63) is 36.7 Å². The first-order chi connectivity index (χ1) is 10.5. The van der Waals surface area contributed by atoms with Crippen molar-refractivity contribution in [1.29, 1.82) is 0 Å². The molecule has 2 aromatic rings. The fourth-order valence-corrected chi connectivity index (χ4v) is 3.27. The maximum absolute atomic E-state index is 12.6. The Morgan fingerprint density at radius 2 is 2.23 bits per heavy atom. The Morgan fingerprint density at radius 3 is 2.95 bits per heavy atom. The summed E-state index contributed by atoms with van der Waals surface area (Å²) in [6.45, 7) is 4.31. The molecule has 1 atom stereocenters. The lowest BCUT2D eigenvalue weighted by molar-refractivity contribution is -0.126. The first kappa shape index (κ1) is 14.6. The number of para-hydroxylation sites is 1. The zero-order valence-electron chi connectivity index (χ0n) is 12.3. The van der Waals surface area contributed by atoms with Gasteiger partial charge in [0.25, 0.3) is 0 Å². The summed E-state index contributed by atoms with van der Waals surface area (Å²) in [4.78, 5) is 25.8. The number of amides is 2. The van der Waals surface area contributed by atoms with Gasteiger partial charge in [-0.1, -0.05) is 23.9 Å². The average Bonchev–Trinajstić information content (AvgIpc) is 2.96. The number of anilines is 2. The molecule has 1 aromatic heterocycles. The number of carbonyl (C=O) groups excluding carboxylic acids is 2. The van der Waals surface area contributed by atoms with E-state index in [2.05, 4.69) is 15.7 Å². The summed E-state index contributed by atoms with van der Waals surface area (Å²) < 4.78 is 0.490. The van der Waals surface area contributed by atoms with Gasteiger partial charge in [0.2, 0.25) is 11.8 Å². The van der Waals surface area contributed by atoms with Gasteiger partial charge >= 0.3 is 0 Å². The molecule has 1 aromatic carbocycles. The highest BCUT2D eigenvalue weighted by molar-refractivity contribution is 8.02. The highest BCUT2D eigenvalue weighted by atomic mass is 32.2. The van der Waals surface area contributed by atoms with E-state index in [9.17, 15) is 9.59 Å². The second kappa shape index (κ2) is 5.49. The van der Waals surface area contributed by atoms with Gasteiger partial charge in [0.1, 0.15) is 0 Å². The van der Waals surface area contributed by atoms with Crippen molar-refractivity contribution in [3.63, 3.8) is 0 Å². The molecule has 6 nitrogen and oxygen atoms in total. The summed E-state index contributed by atoms with van der Waals surface area (Å²) in [6, 6.07) is 7.44. The highest BCUT2D eigenvalue weighted by Crippen LogP contribution is 2.42. The maximum Gasteiger partial charge on any atom is 0.250 e. The van der Waals surface area contributed by atoms with Gasteiger partial charge in [-0.05, 0) is 26.0 Å². The molecule has 0 saturated heterocycles. The lowest BCUT2D eigenvalue weighted by Gasteiger charge is -2.31. The molecule has 2 amide bonds. The fraction of sp³-hybridized carbons (Fsp3) is 0.267. The molecule has 0 unspecified atom stereocenters. The van der Waals surface area contributed by atoms with Crippen LogP contribution in [0.4, 0.5) is 11.4 Å². The number of aromatic nitrogens is 2. The molecule has 1 aliphatic heterocycles. The quantitative estimate of drug-likeness (QED) is 0.852. The Kier molecular flexibility index (Phi) is 3.66. The van der Waals surface area contributed by atoms with E-state index in [-0.39, 0.29) is 11.8 Å². The standard InChI is InChI=1S/C15H16N4O2S/c1-3-19-9-10(8-16-19)17-13(20)15(2)14(21)18-11-6-4-5-7-12(11)22-15/h4-9H,3H2,1-2H3,(H,17,20)(H,18,21)/t15-/m0/s1. The molecule has 3 rings (SSSR count). The highest BCUT2D eigenvalue weighted by Gasteiger charge is 2.45. The molecule has 22 heavy (non-hydrogen) atoms. The number of hydrogen-bond acceptors (Lipinski definition) is 4. The SMILES string of the molecule is CCn1cc(NC(=O)[C@]2(C)Sc3ccccc3NC2=O)cn1. The van der Waals surface area contributed by atoms with Crippen molar-refractivity contribution in [2.75, 3.05) is 10.6 Å². The van der Waals surface area contributed by atoms with Crippen LogP contribution in [0.15, 0.2) is 41.6 Å². The zero-order valence-corrected chi connectivity index (χ0v) is 13.1. The number of aryl methyl sites for hydroxylation is 1. The number of fused-ring (bicyclic) bond motifs is 1. The fourth-order valence-electron chi connectivity index (χ4n) is 2.17. The molecule has 0 bridgehead atoms. The summed E-state index contributed by atoms with van der Waals surface area (Å²) >= 11 is 1.26. The molecule has 0 fully saturated rings. The molecule has 1 aliphatic rings. The van der Waals surface area contributed by atoms with Crippen LogP contribution in [0.5, 0.6) is 0 Å². The van der Waals surface area contributed by atoms with Crippen LogP contribution in [0, 0.1) is 0 Å². The van der Waals surface area contributed by atoms with Crippen molar-refractivity contribution >= 4 is 35.0 Å². The Morgan fingerprint density at radius 1 is 1.45 bits per heavy atom. The zero-order chi connectivity index (χ0) is 15.7. The molecule has 0 aliphatic carbocycles. The predicted octanol–water partition coefficient (Wildman–Crippen LogP) is 2.34. The lowest BCUT2D eigenvalue weighted by Crippen LogP contribution is -2.49. The van der Waals surface area contributed by atoms with Crippen LogP contribution in [0.2, 0.25) is 0 Å². The Bertz CT molecular complexity index is 743. The molecular weight excluding hydrogens is 300 g/mol. The van der Waals surface area contributed by atoms with Gasteiger partial charge in [0, 0.05) is 17.6 Å². The predicted molar refractivity (Wildman–Crippen MR) is 85.9 cm³/mol. The van der Waals surface area contributed by atoms with Crippen molar-refractivity contribution in [3.8, 4) is 0 Å². The van der Waals surface area contributed by atoms with E-state index in [0.29, 0.717) is 5.69 Å². The largest absolute Gasteiger partial charge is 0.323 e. The van der Waals surface area contributed by atoms with Crippen LogP contribution < -0.4 is 10.6 Å². The van der Waals surface area contributed by atoms with Crippen LogP contribution in [-0.4, -0.2) is 26.3 Å². The number of carbonyl (C=O) groups is 2. The number of nitrogens with one attached hydrogen (secondary N) is 2. The van der Waals surface area contributed by atoms with E-state index in [1.165, 1.54) is 11.8 Å². The van der Waals surface area contributed by atoms with Gasteiger partial charge in [-0.3, -0.25) is 14.3 Å². The molecular formula is C15H16N4O2S. The topological polar surface area (TPSA) is 76.0 Å². The number of hydrogen-bond donors (Lipinski definition) is 2.